The smallest absolute Gasteiger partial charge is 0.0678 e. The van der Waals surface area contributed by atoms with Crippen LogP contribution in [0.2, 0.25) is 0 Å². The third-order valence-corrected chi connectivity index (χ3v) is 7.34. The standard InChI is InChI=1S/C24H39NO/c1-7-17(2)24(5,6)22-11-8-20(9-12-22)21-10-13-23(14-21)25-15-18(3)26-19(4)16-25/h8-9,11-12,17-19,21,23H,7,10,13-16H2,1-6H3/t17?,18-,19+,21-,23+/m1/s1. The lowest BCUT2D eigenvalue weighted by Gasteiger charge is -2.39. The zero-order valence-electron chi connectivity index (χ0n) is 17.8. The summed E-state index contributed by atoms with van der Waals surface area (Å²) in [6.07, 6.45) is 5.96. The van der Waals surface area contributed by atoms with E-state index in [1.807, 2.05) is 0 Å². The van der Waals surface area contributed by atoms with Crippen LogP contribution in [0.4, 0.5) is 0 Å². The molecule has 1 heterocycles. The third-order valence-electron chi connectivity index (χ3n) is 7.34. The van der Waals surface area contributed by atoms with Gasteiger partial charge in [-0.1, -0.05) is 58.4 Å². The summed E-state index contributed by atoms with van der Waals surface area (Å²) in [5.74, 6) is 1.43. The highest BCUT2D eigenvalue weighted by Crippen LogP contribution is 2.39. The van der Waals surface area contributed by atoms with Gasteiger partial charge in [-0.2, -0.15) is 0 Å². The van der Waals surface area contributed by atoms with Gasteiger partial charge in [-0.15, -0.1) is 0 Å². The molecule has 2 nitrogen and oxygen atoms in total. The van der Waals surface area contributed by atoms with Crippen LogP contribution in [-0.2, 0) is 10.2 Å². The average Bonchev–Trinajstić information content (AvgIpc) is 3.10. The molecular formula is C24H39NO. The molecule has 1 unspecified atom stereocenters. The van der Waals surface area contributed by atoms with Gasteiger partial charge in [-0.3, -0.25) is 4.90 Å². The lowest BCUT2D eigenvalue weighted by atomic mass is 9.73. The van der Waals surface area contributed by atoms with Crippen molar-refractivity contribution < 1.29 is 4.74 Å². The first-order valence-corrected chi connectivity index (χ1v) is 10.8. The normalized spacial score (nSPS) is 31.9. The fourth-order valence-electron chi connectivity index (χ4n) is 5.09. The first-order chi connectivity index (χ1) is 12.3. The van der Waals surface area contributed by atoms with Crippen LogP contribution in [-0.4, -0.2) is 36.2 Å². The summed E-state index contributed by atoms with van der Waals surface area (Å²) in [7, 11) is 0. The Morgan fingerprint density at radius 3 is 2.27 bits per heavy atom. The number of morpholine rings is 1. The van der Waals surface area contributed by atoms with Gasteiger partial charge in [-0.25, -0.2) is 0 Å². The number of rotatable bonds is 5. The molecule has 2 aliphatic rings. The van der Waals surface area contributed by atoms with Crippen molar-refractivity contribution in [3.63, 3.8) is 0 Å². The van der Waals surface area contributed by atoms with Crippen LogP contribution in [0.25, 0.3) is 0 Å². The number of hydrogen-bond acceptors (Lipinski definition) is 2. The van der Waals surface area contributed by atoms with E-state index < -0.39 is 0 Å². The topological polar surface area (TPSA) is 12.5 Å². The number of benzene rings is 1. The molecule has 1 aromatic carbocycles. The van der Waals surface area contributed by atoms with Gasteiger partial charge in [0, 0.05) is 19.1 Å². The largest absolute Gasteiger partial charge is 0.373 e. The molecule has 1 aliphatic carbocycles. The van der Waals surface area contributed by atoms with E-state index in [1.54, 1.807) is 5.56 Å². The maximum Gasteiger partial charge on any atom is 0.0678 e. The summed E-state index contributed by atoms with van der Waals surface area (Å²) in [5.41, 5.74) is 3.29. The maximum absolute atomic E-state index is 5.92. The van der Waals surface area contributed by atoms with Gasteiger partial charge in [0.15, 0.2) is 0 Å². The van der Waals surface area contributed by atoms with E-state index in [0.717, 1.165) is 25.0 Å². The Bertz CT molecular complexity index is 568. The lowest BCUT2D eigenvalue weighted by Crippen LogP contribution is -2.49. The molecule has 2 heteroatoms. The minimum Gasteiger partial charge on any atom is -0.373 e. The van der Waals surface area contributed by atoms with Crippen molar-refractivity contribution in [2.75, 3.05) is 13.1 Å². The molecule has 5 atom stereocenters. The Kier molecular flexibility index (Phi) is 6.14. The van der Waals surface area contributed by atoms with Crippen LogP contribution in [0.3, 0.4) is 0 Å². The SMILES string of the molecule is CCC(C)C(C)(C)c1ccc([C@@H]2CC[C@H](N3C[C@@H](C)O[C@@H](C)C3)C2)cc1. The van der Waals surface area contributed by atoms with Gasteiger partial charge in [0.25, 0.3) is 0 Å². The predicted octanol–water partition coefficient (Wildman–Crippen LogP) is 5.76. The van der Waals surface area contributed by atoms with Crippen LogP contribution in [0.15, 0.2) is 24.3 Å². The highest BCUT2D eigenvalue weighted by atomic mass is 16.5. The van der Waals surface area contributed by atoms with Crippen LogP contribution in [0, 0.1) is 5.92 Å². The highest BCUT2D eigenvalue weighted by molar-refractivity contribution is 5.31. The van der Waals surface area contributed by atoms with Crippen molar-refractivity contribution in [3.05, 3.63) is 35.4 Å². The molecule has 0 spiro atoms. The van der Waals surface area contributed by atoms with Gasteiger partial charge >= 0.3 is 0 Å². The van der Waals surface area contributed by atoms with Gasteiger partial charge in [0.1, 0.15) is 0 Å². The molecule has 146 valence electrons. The second-order valence-electron chi connectivity index (χ2n) is 9.53. The van der Waals surface area contributed by atoms with Gasteiger partial charge in [0.2, 0.25) is 0 Å². The molecule has 1 aromatic rings. The van der Waals surface area contributed by atoms with E-state index in [2.05, 4.69) is 70.7 Å². The lowest BCUT2D eigenvalue weighted by molar-refractivity contribution is -0.0796. The Balaban J connectivity index is 1.64. The number of ether oxygens (including phenoxy) is 1. The Morgan fingerprint density at radius 1 is 1.08 bits per heavy atom. The van der Waals surface area contributed by atoms with Crippen molar-refractivity contribution in [1.29, 1.82) is 0 Å². The fraction of sp³-hybridized carbons (Fsp3) is 0.750. The van der Waals surface area contributed by atoms with Crippen LogP contribution in [0.5, 0.6) is 0 Å². The third kappa shape index (κ3) is 4.17. The van der Waals surface area contributed by atoms with Crippen molar-refractivity contribution in [2.45, 2.75) is 96.8 Å². The van der Waals surface area contributed by atoms with E-state index in [-0.39, 0.29) is 5.41 Å². The zero-order chi connectivity index (χ0) is 18.9. The summed E-state index contributed by atoms with van der Waals surface area (Å²) in [5, 5.41) is 0. The summed E-state index contributed by atoms with van der Waals surface area (Å²) < 4.78 is 5.92. The van der Waals surface area contributed by atoms with E-state index in [1.165, 1.54) is 31.2 Å². The summed E-state index contributed by atoms with van der Waals surface area (Å²) >= 11 is 0. The van der Waals surface area contributed by atoms with Gasteiger partial charge < -0.3 is 4.74 Å². The molecule has 0 N–H and O–H groups in total. The molecule has 26 heavy (non-hydrogen) atoms. The highest BCUT2D eigenvalue weighted by Gasteiger charge is 2.34. The molecular weight excluding hydrogens is 318 g/mol. The first kappa shape index (κ1) is 19.9. The quantitative estimate of drug-likeness (QED) is 0.664. The van der Waals surface area contributed by atoms with Crippen molar-refractivity contribution in [3.8, 4) is 0 Å². The van der Waals surface area contributed by atoms with E-state index in [4.69, 9.17) is 4.74 Å². The predicted molar refractivity (Wildman–Crippen MR) is 111 cm³/mol. The van der Waals surface area contributed by atoms with Gasteiger partial charge in [-0.05, 0) is 61.5 Å². The van der Waals surface area contributed by atoms with E-state index in [0.29, 0.717) is 18.1 Å². The number of nitrogens with zero attached hydrogens (tertiary/aromatic N) is 1. The fourth-order valence-corrected chi connectivity index (χ4v) is 5.09. The maximum atomic E-state index is 5.92. The van der Waals surface area contributed by atoms with Crippen LogP contribution in [0.1, 0.15) is 84.3 Å². The molecule has 0 radical (unpaired) electrons. The molecule has 0 bridgehead atoms. The van der Waals surface area contributed by atoms with Crippen molar-refractivity contribution in [1.82, 2.24) is 4.90 Å². The van der Waals surface area contributed by atoms with Crippen molar-refractivity contribution in [2.24, 2.45) is 5.92 Å². The molecule has 0 aromatic heterocycles. The minimum absolute atomic E-state index is 0.256. The minimum atomic E-state index is 0.256. The monoisotopic (exact) mass is 357 g/mol. The van der Waals surface area contributed by atoms with Crippen LogP contribution < -0.4 is 0 Å². The van der Waals surface area contributed by atoms with Crippen LogP contribution >= 0.6 is 0 Å². The molecule has 1 saturated carbocycles. The second-order valence-corrected chi connectivity index (χ2v) is 9.53. The zero-order valence-corrected chi connectivity index (χ0v) is 17.8. The summed E-state index contributed by atoms with van der Waals surface area (Å²) in [6, 6.07) is 10.4. The van der Waals surface area contributed by atoms with E-state index >= 15 is 0 Å². The molecule has 0 amide bonds. The summed E-state index contributed by atoms with van der Waals surface area (Å²) in [4.78, 5) is 2.69. The Labute approximate surface area is 161 Å². The molecule has 3 rings (SSSR count). The first-order valence-electron chi connectivity index (χ1n) is 10.8. The Hall–Kier alpha value is -0.860. The van der Waals surface area contributed by atoms with E-state index in [9.17, 15) is 0 Å². The second kappa shape index (κ2) is 8.02. The molecule has 1 aliphatic heterocycles. The van der Waals surface area contributed by atoms with Gasteiger partial charge in [0.05, 0.1) is 12.2 Å². The summed E-state index contributed by atoms with van der Waals surface area (Å²) in [6.45, 7) is 16.1. The molecule has 2 fully saturated rings. The number of hydrogen-bond donors (Lipinski definition) is 0. The molecule has 1 saturated heterocycles. The van der Waals surface area contributed by atoms with Crippen molar-refractivity contribution >= 4 is 0 Å². The average molecular weight is 358 g/mol. The Morgan fingerprint density at radius 2 is 1.69 bits per heavy atom.